The number of rotatable bonds is 3. The molecule has 1 aromatic carbocycles. The number of benzene rings is 1. The summed E-state index contributed by atoms with van der Waals surface area (Å²) in [4.78, 5) is 17.1. The van der Waals surface area contributed by atoms with Crippen LogP contribution in [0, 0.1) is 5.92 Å². The minimum atomic E-state index is -0.0252. The zero-order valence-electron chi connectivity index (χ0n) is 14.3. The van der Waals surface area contributed by atoms with Crippen LogP contribution < -0.4 is 5.73 Å². The van der Waals surface area contributed by atoms with Crippen LogP contribution in [0.15, 0.2) is 24.3 Å². The summed E-state index contributed by atoms with van der Waals surface area (Å²) in [5.41, 5.74) is 8.54. The van der Waals surface area contributed by atoms with Gasteiger partial charge >= 0.3 is 0 Å². The van der Waals surface area contributed by atoms with Crippen molar-refractivity contribution in [1.82, 2.24) is 9.80 Å². The van der Waals surface area contributed by atoms with Crippen LogP contribution in [0.4, 0.5) is 0 Å². The highest BCUT2D eigenvalue weighted by Crippen LogP contribution is 2.22. The molecule has 6 heteroatoms. The van der Waals surface area contributed by atoms with E-state index in [9.17, 15) is 4.79 Å². The molecule has 0 saturated carbocycles. The third-order valence-corrected chi connectivity index (χ3v) is 5.32. The summed E-state index contributed by atoms with van der Waals surface area (Å²) in [6, 6.07) is 8.56. The van der Waals surface area contributed by atoms with E-state index in [1.54, 1.807) is 0 Å². The van der Waals surface area contributed by atoms with Gasteiger partial charge in [-0.05, 0) is 49.8 Å². The third-order valence-electron chi connectivity index (χ3n) is 5.32. The Bertz CT molecular complexity index is 533. The summed E-state index contributed by atoms with van der Waals surface area (Å²) >= 11 is 0. The fourth-order valence-electron chi connectivity index (χ4n) is 3.66. The number of hydrogen-bond acceptors (Lipinski definition) is 3. The van der Waals surface area contributed by atoms with Gasteiger partial charge in [-0.1, -0.05) is 24.3 Å². The lowest BCUT2D eigenvalue weighted by molar-refractivity contribution is -0.138. The van der Waals surface area contributed by atoms with Crippen molar-refractivity contribution in [2.45, 2.75) is 38.8 Å². The van der Waals surface area contributed by atoms with Crippen molar-refractivity contribution in [1.29, 1.82) is 0 Å². The molecule has 2 N–H and O–H groups in total. The summed E-state index contributed by atoms with van der Waals surface area (Å²) in [7, 11) is 0. The normalized spacial score (nSPS) is 19.7. The molecule has 3 rings (SSSR count). The summed E-state index contributed by atoms with van der Waals surface area (Å²) in [5, 5.41) is 0. The fraction of sp³-hybridized carbons (Fsp3) is 0.611. The molecule has 1 atom stereocenters. The maximum Gasteiger partial charge on any atom is 0.239 e. The highest BCUT2D eigenvalue weighted by atomic mass is 35.5. The highest BCUT2D eigenvalue weighted by Gasteiger charge is 2.30. The topological polar surface area (TPSA) is 49.6 Å². The first kappa shape index (κ1) is 21.2. The Balaban J connectivity index is 0.00000144. The van der Waals surface area contributed by atoms with Crippen LogP contribution in [0.2, 0.25) is 0 Å². The Kier molecular flexibility index (Phi) is 8.51. The average molecular weight is 374 g/mol. The Hall–Kier alpha value is -0.810. The molecule has 0 spiro atoms. The standard InChI is InChI=1S/C18H27N3O.2ClH/c1-14(18(22)20-9-6-15(12-19)7-10-20)21-11-8-16-4-2-3-5-17(16)13-21;;/h2-5,14-15H,6-13,19H2,1H3;2*1H. The number of nitrogens with zero attached hydrogens (tertiary/aromatic N) is 2. The maximum atomic E-state index is 12.8. The Morgan fingerprint density at radius 3 is 2.42 bits per heavy atom. The largest absolute Gasteiger partial charge is 0.341 e. The molecule has 4 nitrogen and oxygen atoms in total. The number of carbonyl (C=O) groups excluding carboxylic acids is 1. The number of hydrogen-bond donors (Lipinski definition) is 1. The molecule has 1 unspecified atom stereocenters. The van der Waals surface area contributed by atoms with E-state index in [0.717, 1.165) is 52.0 Å². The van der Waals surface area contributed by atoms with Gasteiger partial charge in [0.05, 0.1) is 6.04 Å². The molecular weight excluding hydrogens is 345 g/mol. The number of piperidine rings is 1. The van der Waals surface area contributed by atoms with E-state index in [2.05, 4.69) is 36.1 Å². The van der Waals surface area contributed by atoms with Gasteiger partial charge in [-0.3, -0.25) is 9.69 Å². The van der Waals surface area contributed by atoms with Gasteiger partial charge in [0, 0.05) is 26.2 Å². The molecular formula is C18H29Cl2N3O. The quantitative estimate of drug-likeness (QED) is 0.884. The molecule has 2 heterocycles. The molecule has 1 amide bonds. The van der Waals surface area contributed by atoms with Crippen LogP contribution >= 0.6 is 24.8 Å². The van der Waals surface area contributed by atoms with E-state index in [1.165, 1.54) is 11.1 Å². The van der Waals surface area contributed by atoms with Crippen LogP contribution in [0.3, 0.4) is 0 Å². The second-order valence-electron chi connectivity index (χ2n) is 6.67. The van der Waals surface area contributed by atoms with E-state index < -0.39 is 0 Å². The SMILES string of the molecule is CC(C(=O)N1CCC(CN)CC1)N1CCc2ccccc2C1.Cl.Cl. The lowest BCUT2D eigenvalue weighted by Crippen LogP contribution is -2.51. The second kappa shape index (κ2) is 9.62. The highest BCUT2D eigenvalue weighted by molar-refractivity contribution is 5.85. The first-order valence-electron chi connectivity index (χ1n) is 8.48. The maximum absolute atomic E-state index is 12.8. The van der Waals surface area contributed by atoms with Crippen molar-refractivity contribution in [3.8, 4) is 0 Å². The molecule has 24 heavy (non-hydrogen) atoms. The zero-order chi connectivity index (χ0) is 15.5. The van der Waals surface area contributed by atoms with Gasteiger partial charge in [-0.25, -0.2) is 0 Å². The van der Waals surface area contributed by atoms with E-state index >= 15 is 0 Å². The number of halogens is 2. The van der Waals surface area contributed by atoms with Crippen LogP contribution in [0.5, 0.6) is 0 Å². The van der Waals surface area contributed by atoms with Crippen LogP contribution in [-0.2, 0) is 17.8 Å². The van der Waals surface area contributed by atoms with Crippen LogP contribution in [-0.4, -0.2) is 47.9 Å². The Labute approximate surface area is 157 Å². The average Bonchev–Trinajstić information content (AvgIpc) is 2.60. The molecule has 136 valence electrons. The molecule has 2 aliphatic heterocycles. The molecule has 0 radical (unpaired) electrons. The monoisotopic (exact) mass is 373 g/mol. The number of carbonyl (C=O) groups is 1. The summed E-state index contributed by atoms with van der Waals surface area (Å²) in [6.07, 6.45) is 3.15. The number of nitrogens with two attached hydrogens (primary N) is 1. The first-order chi connectivity index (χ1) is 10.7. The van der Waals surface area contributed by atoms with Gasteiger partial charge in [0.15, 0.2) is 0 Å². The third kappa shape index (κ3) is 4.63. The number of fused-ring (bicyclic) bond motifs is 1. The number of likely N-dealkylation sites (tertiary alicyclic amines) is 1. The van der Waals surface area contributed by atoms with Crippen molar-refractivity contribution in [2.24, 2.45) is 11.7 Å². The van der Waals surface area contributed by atoms with E-state index in [1.807, 2.05) is 4.90 Å². The van der Waals surface area contributed by atoms with Gasteiger partial charge < -0.3 is 10.6 Å². The molecule has 1 fully saturated rings. The molecule has 1 saturated heterocycles. The number of amides is 1. The minimum absolute atomic E-state index is 0. The molecule has 0 aromatic heterocycles. The summed E-state index contributed by atoms with van der Waals surface area (Å²) in [6.45, 7) is 6.42. The van der Waals surface area contributed by atoms with Crippen molar-refractivity contribution < 1.29 is 4.79 Å². The van der Waals surface area contributed by atoms with Crippen molar-refractivity contribution >= 4 is 30.7 Å². The minimum Gasteiger partial charge on any atom is -0.341 e. The predicted octanol–water partition coefficient (Wildman–Crippen LogP) is 2.47. The van der Waals surface area contributed by atoms with Crippen LogP contribution in [0.25, 0.3) is 0 Å². The molecule has 0 aliphatic carbocycles. The second-order valence-corrected chi connectivity index (χ2v) is 6.67. The van der Waals surface area contributed by atoms with E-state index in [4.69, 9.17) is 5.73 Å². The Morgan fingerprint density at radius 1 is 1.17 bits per heavy atom. The lowest BCUT2D eigenvalue weighted by atomic mass is 9.96. The van der Waals surface area contributed by atoms with Gasteiger partial charge in [0.25, 0.3) is 0 Å². The lowest BCUT2D eigenvalue weighted by Gasteiger charge is -2.38. The van der Waals surface area contributed by atoms with Gasteiger partial charge in [0.2, 0.25) is 5.91 Å². The molecule has 2 aliphatic rings. The zero-order valence-corrected chi connectivity index (χ0v) is 16.0. The van der Waals surface area contributed by atoms with E-state index in [0.29, 0.717) is 5.92 Å². The van der Waals surface area contributed by atoms with Crippen molar-refractivity contribution in [3.63, 3.8) is 0 Å². The van der Waals surface area contributed by atoms with Crippen molar-refractivity contribution in [2.75, 3.05) is 26.2 Å². The van der Waals surface area contributed by atoms with Gasteiger partial charge in [0.1, 0.15) is 0 Å². The smallest absolute Gasteiger partial charge is 0.239 e. The molecule has 1 aromatic rings. The fourth-order valence-corrected chi connectivity index (χ4v) is 3.66. The van der Waals surface area contributed by atoms with E-state index in [-0.39, 0.29) is 36.8 Å². The van der Waals surface area contributed by atoms with Gasteiger partial charge in [-0.2, -0.15) is 0 Å². The predicted molar refractivity (Wildman–Crippen MR) is 103 cm³/mol. The summed E-state index contributed by atoms with van der Waals surface area (Å²) in [5.74, 6) is 0.885. The molecule has 0 bridgehead atoms. The Morgan fingerprint density at radius 2 is 1.79 bits per heavy atom. The summed E-state index contributed by atoms with van der Waals surface area (Å²) < 4.78 is 0. The van der Waals surface area contributed by atoms with Crippen LogP contribution in [0.1, 0.15) is 30.9 Å². The van der Waals surface area contributed by atoms with Gasteiger partial charge in [-0.15, -0.1) is 24.8 Å². The van der Waals surface area contributed by atoms with Crippen molar-refractivity contribution in [3.05, 3.63) is 35.4 Å². The first-order valence-corrected chi connectivity index (χ1v) is 8.48.